The van der Waals surface area contributed by atoms with Gasteiger partial charge in [0.1, 0.15) is 5.69 Å². The molecule has 2 nitrogen and oxygen atoms in total. The van der Waals surface area contributed by atoms with Gasteiger partial charge in [-0.15, -0.1) is 7.05 Å². The minimum absolute atomic E-state index is 0.863. The number of rotatable bonds is 7. The van der Waals surface area contributed by atoms with Gasteiger partial charge in [-0.05, 0) is 44.1 Å². The number of aryl methyl sites for hydroxylation is 1. The SMILES string of the molecule is [CH2-][NH2+]c1ccc(CCCN(CC)CC)c(Cl)c1. The molecule has 0 aromatic heterocycles. The molecule has 0 saturated carbocycles. The standard InChI is InChI=1S/C14H23ClN2/c1-4-17(5-2)10-6-7-12-8-9-13(16-3)11-14(12)15/h8-9,11H,3-7,10,16H2,1-2H3. The van der Waals surface area contributed by atoms with Crippen LogP contribution < -0.4 is 5.32 Å². The van der Waals surface area contributed by atoms with Gasteiger partial charge in [0.25, 0.3) is 0 Å². The van der Waals surface area contributed by atoms with Crippen LogP contribution in [-0.4, -0.2) is 24.5 Å². The summed E-state index contributed by atoms with van der Waals surface area (Å²) in [5.41, 5.74) is 2.33. The van der Waals surface area contributed by atoms with Crippen LogP contribution in [0.15, 0.2) is 18.2 Å². The van der Waals surface area contributed by atoms with Gasteiger partial charge in [0.05, 0.1) is 0 Å². The highest BCUT2D eigenvalue weighted by Gasteiger charge is 2.04. The monoisotopic (exact) mass is 254 g/mol. The molecule has 0 radical (unpaired) electrons. The molecule has 3 heteroatoms. The van der Waals surface area contributed by atoms with Crippen molar-refractivity contribution in [2.75, 3.05) is 19.6 Å². The number of benzene rings is 1. The molecule has 1 aromatic rings. The molecule has 96 valence electrons. The highest BCUT2D eigenvalue weighted by atomic mass is 35.5. The maximum atomic E-state index is 6.23. The number of halogens is 1. The van der Waals surface area contributed by atoms with Crippen molar-refractivity contribution in [1.29, 1.82) is 0 Å². The van der Waals surface area contributed by atoms with E-state index in [2.05, 4.69) is 37.9 Å². The van der Waals surface area contributed by atoms with Gasteiger partial charge >= 0.3 is 0 Å². The van der Waals surface area contributed by atoms with Crippen molar-refractivity contribution in [1.82, 2.24) is 4.90 Å². The van der Waals surface area contributed by atoms with Crippen LogP contribution in [0, 0.1) is 7.05 Å². The molecule has 17 heavy (non-hydrogen) atoms. The van der Waals surface area contributed by atoms with E-state index in [1.165, 1.54) is 5.56 Å². The van der Waals surface area contributed by atoms with Gasteiger partial charge in [0, 0.05) is 11.1 Å². The molecule has 1 aromatic carbocycles. The molecule has 0 saturated heterocycles. The predicted molar refractivity (Wildman–Crippen MR) is 74.5 cm³/mol. The average molecular weight is 255 g/mol. The van der Waals surface area contributed by atoms with E-state index < -0.39 is 0 Å². The Balaban J connectivity index is 2.46. The quantitative estimate of drug-likeness (QED) is 0.586. The first-order valence-electron chi connectivity index (χ1n) is 6.34. The lowest BCUT2D eigenvalue weighted by Gasteiger charge is -2.17. The van der Waals surface area contributed by atoms with E-state index in [0.717, 1.165) is 43.2 Å². The Labute approximate surface area is 110 Å². The lowest BCUT2D eigenvalue weighted by molar-refractivity contribution is -0.504. The number of hydrogen-bond acceptors (Lipinski definition) is 1. The zero-order valence-electron chi connectivity index (χ0n) is 10.9. The first-order chi connectivity index (χ1) is 8.21. The Kier molecular flexibility index (Phi) is 6.56. The average Bonchev–Trinajstić information content (AvgIpc) is 2.36. The van der Waals surface area contributed by atoms with Crippen LogP contribution in [0.1, 0.15) is 25.8 Å². The molecule has 0 unspecified atom stereocenters. The van der Waals surface area contributed by atoms with Crippen LogP contribution in [0.5, 0.6) is 0 Å². The second-order valence-corrected chi connectivity index (χ2v) is 4.59. The Morgan fingerprint density at radius 3 is 2.53 bits per heavy atom. The van der Waals surface area contributed by atoms with Gasteiger partial charge in [0.2, 0.25) is 0 Å². The maximum absolute atomic E-state index is 6.23. The molecule has 0 bridgehead atoms. The van der Waals surface area contributed by atoms with Gasteiger partial charge in [-0.3, -0.25) is 0 Å². The summed E-state index contributed by atoms with van der Waals surface area (Å²) in [6.45, 7) is 7.80. The fourth-order valence-electron chi connectivity index (χ4n) is 1.93. The van der Waals surface area contributed by atoms with Crippen LogP contribution in [0.3, 0.4) is 0 Å². The van der Waals surface area contributed by atoms with E-state index in [0.29, 0.717) is 0 Å². The fraction of sp³-hybridized carbons (Fsp3) is 0.500. The molecule has 0 fully saturated rings. The highest BCUT2D eigenvalue weighted by Crippen LogP contribution is 2.20. The molecule has 0 aliphatic rings. The number of nitrogens with two attached hydrogens (primary N) is 1. The number of hydrogen-bond donors (Lipinski definition) is 1. The highest BCUT2D eigenvalue weighted by molar-refractivity contribution is 6.31. The van der Waals surface area contributed by atoms with Crippen LogP contribution in [0.25, 0.3) is 0 Å². The number of nitrogens with zero attached hydrogens (tertiary/aromatic N) is 1. The molecule has 0 heterocycles. The topological polar surface area (TPSA) is 19.9 Å². The third kappa shape index (κ3) is 4.66. The van der Waals surface area contributed by atoms with Gasteiger partial charge in [-0.1, -0.05) is 31.5 Å². The van der Waals surface area contributed by atoms with Crippen molar-refractivity contribution in [3.8, 4) is 0 Å². The third-order valence-corrected chi connectivity index (χ3v) is 3.48. The predicted octanol–water partition coefficient (Wildman–Crippen LogP) is 2.60. The zero-order chi connectivity index (χ0) is 12.7. The summed E-state index contributed by atoms with van der Waals surface area (Å²) >= 11 is 6.23. The van der Waals surface area contributed by atoms with Crippen molar-refractivity contribution < 1.29 is 5.32 Å². The summed E-state index contributed by atoms with van der Waals surface area (Å²) in [5, 5.41) is 2.69. The summed E-state index contributed by atoms with van der Waals surface area (Å²) in [7, 11) is 3.74. The normalized spacial score (nSPS) is 11.1. The Morgan fingerprint density at radius 1 is 1.29 bits per heavy atom. The van der Waals surface area contributed by atoms with E-state index in [4.69, 9.17) is 11.6 Å². The van der Waals surface area contributed by atoms with Crippen LogP contribution in [-0.2, 0) is 6.42 Å². The van der Waals surface area contributed by atoms with Crippen LogP contribution in [0.4, 0.5) is 5.69 Å². The second-order valence-electron chi connectivity index (χ2n) is 4.19. The van der Waals surface area contributed by atoms with Crippen molar-refractivity contribution in [2.24, 2.45) is 0 Å². The summed E-state index contributed by atoms with van der Waals surface area (Å²) in [4.78, 5) is 2.44. The molecule has 0 atom stereocenters. The Morgan fingerprint density at radius 2 is 2.00 bits per heavy atom. The first kappa shape index (κ1) is 14.5. The first-order valence-corrected chi connectivity index (χ1v) is 6.72. The maximum Gasteiger partial charge on any atom is 0.104 e. The zero-order valence-corrected chi connectivity index (χ0v) is 11.6. The van der Waals surface area contributed by atoms with Crippen molar-refractivity contribution in [3.63, 3.8) is 0 Å². The molecular weight excluding hydrogens is 232 g/mol. The van der Waals surface area contributed by atoms with Gasteiger partial charge < -0.3 is 10.2 Å². The fourth-order valence-corrected chi connectivity index (χ4v) is 2.21. The van der Waals surface area contributed by atoms with Gasteiger partial charge in [-0.25, -0.2) is 0 Å². The lowest BCUT2D eigenvalue weighted by atomic mass is 10.1. The summed E-state index contributed by atoms with van der Waals surface area (Å²) in [5.74, 6) is 0. The van der Waals surface area contributed by atoms with E-state index in [1.54, 1.807) is 0 Å². The van der Waals surface area contributed by atoms with Crippen molar-refractivity contribution in [2.45, 2.75) is 26.7 Å². The second kappa shape index (κ2) is 7.70. The summed E-state index contributed by atoms with van der Waals surface area (Å²) in [6.07, 6.45) is 2.21. The minimum atomic E-state index is 0.863. The van der Waals surface area contributed by atoms with Crippen LogP contribution >= 0.6 is 11.6 Å². The molecule has 0 aliphatic heterocycles. The van der Waals surface area contributed by atoms with E-state index >= 15 is 0 Å². The molecular formula is C14H23ClN2. The summed E-state index contributed by atoms with van der Waals surface area (Å²) in [6, 6.07) is 6.18. The smallest absolute Gasteiger partial charge is 0.104 e. The number of quaternary nitrogens is 1. The Bertz CT molecular complexity index is 335. The van der Waals surface area contributed by atoms with E-state index in [1.807, 2.05) is 11.4 Å². The molecule has 0 amide bonds. The molecule has 1 rings (SSSR count). The van der Waals surface area contributed by atoms with Gasteiger partial charge in [0.15, 0.2) is 0 Å². The molecule has 0 aliphatic carbocycles. The Hall–Kier alpha value is -0.570. The van der Waals surface area contributed by atoms with E-state index in [9.17, 15) is 0 Å². The summed E-state index contributed by atoms with van der Waals surface area (Å²) < 4.78 is 0. The third-order valence-electron chi connectivity index (χ3n) is 3.13. The lowest BCUT2D eigenvalue weighted by Crippen LogP contribution is -2.69. The van der Waals surface area contributed by atoms with Crippen molar-refractivity contribution in [3.05, 3.63) is 35.8 Å². The van der Waals surface area contributed by atoms with Gasteiger partial charge in [-0.2, -0.15) is 0 Å². The largest absolute Gasteiger partial charge is 0.446 e. The van der Waals surface area contributed by atoms with Crippen molar-refractivity contribution >= 4 is 17.3 Å². The minimum Gasteiger partial charge on any atom is -0.446 e. The van der Waals surface area contributed by atoms with Crippen LogP contribution in [0.2, 0.25) is 5.02 Å². The van der Waals surface area contributed by atoms with E-state index in [-0.39, 0.29) is 0 Å². The molecule has 2 N–H and O–H groups in total. The molecule has 0 spiro atoms.